The van der Waals surface area contributed by atoms with Crippen LogP contribution in [0.5, 0.6) is 0 Å². The normalized spacial score (nSPS) is 19.8. The van der Waals surface area contributed by atoms with Crippen LogP contribution in [0.2, 0.25) is 0 Å². The van der Waals surface area contributed by atoms with Crippen LogP contribution in [0, 0.1) is 22.7 Å². The molecule has 2 aromatic heterocycles. The van der Waals surface area contributed by atoms with Crippen LogP contribution in [0.4, 0.5) is 0 Å². The van der Waals surface area contributed by atoms with E-state index in [0.717, 1.165) is 67.1 Å². The van der Waals surface area contributed by atoms with Gasteiger partial charge >= 0.3 is 0 Å². The van der Waals surface area contributed by atoms with Crippen molar-refractivity contribution in [1.82, 2.24) is 4.40 Å². The van der Waals surface area contributed by atoms with Crippen LogP contribution in [0.1, 0.15) is 166 Å². The van der Waals surface area contributed by atoms with Crippen LogP contribution in [0.25, 0.3) is 71.5 Å². The maximum absolute atomic E-state index is 11.4. The smallest absolute Gasteiger partial charge is 0.0995 e. The highest BCUT2D eigenvalue weighted by Crippen LogP contribution is 2.65. The molecule has 2 heterocycles. The van der Waals surface area contributed by atoms with Gasteiger partial charge in [-0.25, -0.2) is 0 Å². The minimum atomic E-state index is -0.429. The fraction of sp³-hybridized carbons (Fsp3) is 0.312. The zero-order valence-electron chi connectivity index (χ0n) is 39.2. The summed E-state index contributed by atoms with van der Waals surface area (Å²) in [7, 11) is 0. The van der Waals surface area contributed by atoms with Crippen LogP contribution >= 0.6 is 0 Å². The van der Waals surface area contributed by atoms with Crippen LogP contribution in [-0.4, -0.2) is 4.40 Å². The van der Waals surface area contributed by atoms with Gasteiger partial charge in [0.15, 0.2) is 0 Å². The molecule has 0 saturated heterocycles. The van der Waals surface area contributed by atoms with E-state index in [9.17, 15) is 10.5 Å². The maximum Gasteiger partial charge on any atom is 0.0995 e. The molecule has 2 bridgehead atoms. The molecule has 1 fully saturated rings. The predicted molar refractivity (Wildman–Crippen MR) is 275 cm³/mol. The Kier molecular flexibility index (Phi) is 8.08. The molecule has 3 heteroatoms. The molecule has 0 amide bonds. The molecule has 67 heavy (non-hydrogen) atoms. The first-order valence-corrected chi connectivity index (χ1v) is 25.6. The highest BCUT2D eigenvalue weighted by molar-refractivity contribution is 6.27. The quantitative estimate of drug-likeness (QED) is 0.173. The number of aromatic nitrogens is 1. The first kappa shape index (κ1) is 39.5. The number of hydrogen-bond acceptors (Lipinski definition) is 2. The Morgan fingerprint density at radius 1 is 0.522 bits per heavy atom. The van der Waals surface area contributed by atoms with Gasteiger partial charge in [-0.15, -0.1) is 0 Å². The first-order valence-electron chi connectivity index (χ1n) is 25.6. The van der Waals surface area contributed by atoms with Crippen molar-refractivity contribution >= 4 is 38.1 Å². The van der Waals surface area contributed by atoms with Crippen LogP contribution in [0.15, 0.2) is 115 Å². The van der Waals surface area contributed by atoms with Gasteiger partial charge in [0, 0.05) is 21.5 Å². The van der Waals surface area contributed by atoms with Crippen molar-refractivity contribution in [3.8, 4) is 45.5 Å². The zero-order chi connectivity index (χ0) is 45.1. The van der Waals surface area contributed by atoms with Crippen molar-refractivity contribution < 1.29 is 0 Å². The van der Waals surface area contributed by atoms with Gasteiger partial charge in [0.1, 0.15) is 0 Å². The summed E-state index contributed by atoms with van der Waals surface area (Å²) >= 11 is 0. The third kappa shape index (κ3) is 4.58. The number of hydrogen-bond donors (Lipinski definition) is 0. The molecule has 0 aliphatic heterocycles. The van der Waals surface area contributed by atoms with Gasteiger partial charge in [-0.05, 0) is 189 Å². The molecule has 6 aliphatic rings. The Balaban J connectivity index is 1.18. The molecule has 1 spiro atoms. The van der Waals surface area contributed by atoms with E-state index in [0.29, 0.717) is 11.8 Å². The van der Waals surface area contributed by atoms with E-state index < -0.39 is 5.41 Å². The molecule has 7 aromatic carbocycles. The molecule has 2 unspecified atom stereocenters. The highest BCUT2D eigenvalue weighted by Gasteiger charge is 2.52. The SMILES string of the molecule is CCC1(CC)CCC(CC)(CC)c2c1c(C#N)cc1c2c2cc(-c3cccc4c3-c3ccccc3C43c4ccccc4-c4ccccc43)cc3c4c5c(c(C#N)cc4n1c32)C1CCCC5CC1. The zero-order valence-corrected chi connectivity index (χ0v) is 39.2. The molecule has 15 rings (SSSR count). The predicted octanol–water partition coefficient (Wildman–Crippen LogP) is 16.6. The van der Waals surface area contributed by atoms with Crippen molar-refractivity contribution in [3.63, 3.8) is 0 Å². The summed E-state index contributed by atoms with van der Waals surface area (Å²) in [5.74, 6) is 0.861. The van der Waals surface area contributed by atoms with E-state index in [1.165, 1.54) is 131 Å². The maximum atomic E-state index is 11.4. The average Bonchev–Trinajstić information content (AvgIpc) is 3.98. The fourth-order valence-corrected chi connectivity index (χ4v) is 16.1. The fourth-order valence-electron chi connectivity index (χ4n) is 16.1. The van der Waals surface area contributed by atoms with Crippen LogP contribution < -0.4 is 0 Å². The lowest BCUT2D eigenvalue weighted by Crippen LogP contribution is -2.40. The van der Waals surface area contributed by atoms with Crippen LogP contribution in [0.3, 0.4) is 0 Å². The summed E-state index contributed by atoms with van der Waals surface area (Å²) in [6.07, 6.45) is 12.2. The van der Waals surface area contributed by atoms with Gasteiger partial charge in [-0.1, -0.05) is 125 Å². The summed E-state index contributed by atoms with van der Waals surface area (Å²) in [4.78, 5) is 0. The third-order valence-corrected chi connectivity index (χ3v) is 19.3. The van der Waals surface area contributed by atoms with Crippen molar-refractivity contribution in [3.05, 3.63) is 171 Å². The molecule has 1 saturated carbocycles. The van der Waals surface area contributed by atoms with Gasteiger partial charge in [-0.3, -0.25) is 0 Å². The minimum Gasteiger partial charge on any atom is -0.308 e. The second-order valence-electron chi connectivity index (χ2n) is 21.2. The van der Waals surface area contributed by atoms with Crippen molar-refractivity contribution in [2.45, 2.75) is 126 Å². The number of fused-ring (bicyclic) bond motifs is 21. The Morgan fingerprint density at radius 3 is 1.66 bits per heavy atom. The van der Waals surface area contributed by atoms with Crippen LogP contribution in [-0.2, 0) is 16.2 Å². The Hall–Kier alpha value is -6.68. The van der Waals surface area contributed by atoms with Gasteiger partial charge in [0.2, 0.25) is 0 Å². The number of benzene rings is 7. The average molecular weight is 866 g/mol. The largest absolute Gasteiger partial charge is 0.308 e. The van der Waals surface area contributed by atoms with Gasteiger partial charge in [0.05, 0.1) is 45.2 Å². The van der Waals surface area contributed by atoms with Gasteiger partial charge < -0.3 is 4.40 Å². The van der Waals surface area contributed by atoms with E-state index in [1.54, 1.807) is 0 Å². The molecular weight excluding hydrogens is 811 g/mol. The van der Waals surface area contributed by atoms with E-state index in [2.05, 4.69) is 159 Å². The molecule has 6 aliphatic carbocycles. The van der Waals surface area contributed by atoms with Crippen molar-refractivity contribution in [1.29, 1.82) is 10.5 Å². The first-order chi connectivity index (χ1) is 32.9. The molecule has 0 N–H and O–H groups in total. The molecular formula is C64H55N3. The topological polar surface area (TPSA) is 52.0 Å². The van der Waals surface area contributed by atoms with Gasteiger partial charge in [-0.2, -0.15) is 10.5 Å². The lowest BCUT2D eigenvalue weighted by molar-refractivity contribution is 0.241. The molecule has 9 aromatic rings. The standard InChI is InChI=1S/C64H55N3/c1-5-62(6-2)29-30-63(7-3,8-4)60-58-47-32-39(42-22-16-26-51-56(42)45-21-11-14-25-50(45)64(51)48-23-12-9-19-43(48)44-20-10-13-24-49(44)64)31-46-57-52(67(61(46)47)53(58)34-41(36-66)59(60)62)33-40(35-65)54-37-17-15-18-38(28-27-37)55(54)57/h9-14,16,19-26,31-34,37-38H,5-8,15,17-18,27-30H2,1-4H3. The van der Waals surface area contributed by atoms with Crippen molar-refractivity contribution in [2.24, 2.45) is 0 Å². The van der Waals surface area contributed by atoms with E-state index in [4.69, 9.17) is 0 Å². The molecule has 326 valence electrons. The van der Waals surface area contributed by atoms with Crippen molar-refractivity contribution in [2.75, 3.05) is 0 Å². The summed E-state index contributed by atoms with van der Waals surface area (Å²) in [6.45, 7) is 9.49. The summed E-state index contributed by atoms with van der Waals surface area (Å²) < 4.78 is 2.54. The second kappa shape index (κ2) is 13.7. The van der Waals surface area contributed by atoms with Gasteiger partial charge in [0.25, 0.3) is 0 Å². The molecule has 0 radical (unpaired) electrons. The number of nitriles is 2. The minimum absolute atomic E-state index is 0.0566. The Labute approximate surface area is 394 Å². The van der Waals surface area contributed by atoms with E-state index in [1.807, 2.05) is 0 Å². The molecule has 3 nitrogen and oxygen atoms in total. The molecule has 2 atom stereocenters. The van der Waals surface area contributed by atoms with E-state index >= 15 is 0 Å². The third-order valence-electron chi connectivity index (χ3n) is 19.3. The monoisotopic (exact) mass is 865 g/mol. The van der Waals surface area contributed by atoms with E-state index in [-0.39, 0.29) is 10.8 Å². The summed E-state index contributed by atoms with van der Waals surface area (Å²) in [5, 5.41) is 27.7. The Bertz CT molecular complexity index is 3670. The number of nitrogens with zero attached hydrogens (tertiary/aromatic N) is 3. The summed E-state index contributed by atoms with van der Waals surface area (Å²) in [6, 6.07) is 49.9. The number of rotatable bonds is 5. The lowest BCUT2D eigenvalue weighted by Gasteiger charge is -2.48. The second-order valence-corrected chi connectivity index (χ2v) is 21.2. The summed E-state index contributed by atoms with van der Waals surface area (Å²) in [5.41, 5.74) is 23.5. The lowest BCUT2D eigenvalue weighted by atomic mass is 9.55. The highest BCUT2D eigenvalue weighted by atomic mass is 14.9. The Morgan fingerprint density at radius 2 is 1.03 bits per heavy atom.